The minimum Gasteiger partial charge on any atom is -0.463 e. The standard InChI is InChI=1S/C24H15ClN2O3S/c25-16-10-11-19-21(12-16)31-24(26-19)27(13-15-6-2-1-3-7-15)23(29)18-14-30-20-9-5-4-8-17(20)22(18)28/h1-12,14H,13H2. The monoisotopic (exact) mass is 446 g/mol. The fourth-order valence-electron chi connectivity index (χ4n) is 3.36. The molecule has 0 spiro atoms. The average molecular weight is 447 g/mol. The van der Waals surface area contributed by atoms with Crippen LogP contribution in [0.5, 0.6) is 0 Å². The number of halogens is 1. The van der Waals surface area contributed by atoms with Crippen LogP contribution in [0, 0.1) is 0 Å². The molecule has 0 saturated carbocycles. The summed E-state index contributed by atoms with van der Waals surface area (Å²) in [5, 5.41) is 1.45. The second-order valence-corrected chi connectivity index (χ2v) is 8.41. The van der Waals surface area contributed by atoms with E-state index in [-0.39, 0.29) is 17.5 Å². The zero-order chi connectivity index (χ0) is 21.4. The molecule has 3 aromatic carbocycles. The first-order chi connectivity index (χ1) is 15.1. The van der Waals surface area contributed by atoms with Gasteiger partial charge in [-0.3, -0.25) is 14.5 Å². The molecule has 0 atom stereocenters. The van der Waals surface area contributed by atoms with E-state index in [1.165, 1.54) is 22.5 Å². The van der Waals surface area contributed by atoms with Gasteiger partial charge in [-0.2, -0.15) is 0 Å². The molecule has 0 aliphatic carbocycles. The maximum absolute atomic E-state index is 13.6. The first-order valence-electron chi connectivity index (χ1n) is 9.52. The Balaban J connectivity index is 1.63. The van der Waals surface area contributed by atoms with Gasteiger partial charge in [0, 0.05) is 5.02 Å². The molecular formula is C24H15ClN2O3S. The summed E-state index contributed by atoms with van der Waals surface area (Å²) < 4.78 is 6.43. The molecule has 7 heteroatoms. The minimum atomic E-state index is -0.464. The lowest BCUT2D eigenvalue weighted by Gasteiger charge is -2.19. The van der Waals surface area contributed by atoms with Gasteiger partial charge in [-0.25, -0.2) is 4.98 Å². The Morgan fingerprint density at radius 3 is 2.65 bits per heavy atom. The number of benzene rings is 3. The molecule has 0 radical (unpaired) electrons. The number of fused-ring (bicyclic) bond motifs is 2. The van der Waals surface area contributed by atoms with E-state index in [2.05, 4.69) is 4.98 Å². The summed E-state index contributed by atoms with van der Waals surface area (Å²) in [6.45, 7) is 0.263. The fraction of sp³-hybridized carbons (Fsp3) is 0.0417. The van der Waals surface area contributed by atoms with Crippen LogP contribution in [0.25, 0.3) is 21.2 Å². The lowest BCUT2D eigenvalue weighted by molar-refractivity contribution is 0.0982. The third kappa shape index (κ3) is 3.71. The fourth-order valence-corrected chi connectivity index (χ4v) is 4.60. The first kappa shape index (κ1) is 19.5. The highest BCUT2D eigenvalue weighted by atomic mass is 35.5. The molecule has 0 aliphatic heterocycles. The summed E-state index contributed by atoms with van der Waals surface area (Å²) in [7, 11) is 0. The first-order valence-corrected chi connectivity index (χ1v) is 10.7. The van der Waals surface area contributed by atoms with Crippen molar-refractivity contribution in [3.8, 4) is 0 Å². The van der Waals surface area contributed by atoms with Crippen molar-refractivity contribution in [1.29, 1.82) is 0 Å². The van der Waals surface area contributed by atoms with E-state index in [1.807, 2.05) is 42.5 Å². The molecule has 5 rings (SSSR count). The summed E-state index contributed by atoms with van der Waals surface area (Å²) in [6.07, 6.45) is 1.23. The summed E-state index contributed by atoms with van der Waals surface area (Å²) in [6, 6.07) is 21.8. The van der Waals surface area contributed by atoms with E-state index in [1.54, 1.807) is 30.3 Å². The molecule has 2 aromatic heterocycles. The number of anilines is 1. The largest absolute Gasteiger partial charge is 0.463 e. The van der Waals surface area contributed by atoms with E-state index < -0.39 is 5.91 Å². The van der Waals surface area contributed by atoms with Crippen molar-refractivity contribution in [2.45, 2.75) is 6.54 Å². The van der Waals surface area contributed by atoms with Crippen LogP contribution in [0.1, 0.15) is 15.9 Å². The van der Waals surface area contributed by atoms with Crippen molar-refractivity contribution in [3.63, 3.8) is 0 Å². The molecule has 5 aromatic rings. The van der Waals surface area contributed by atoms with Gasteiger partial charge >= 0.3 is 0 Å². The molecular weight excluding hydrogens is 432 g/mol. The van der Waals surface area contributed by atoms with Gasteiger partial charge in [0.05, 0.1) is 22.1 Å². The van der Waals surface area contributed by atoms with Crippen LogP contribution in [-0.2, 0) is 6.54 Å². The van der Waals surface area contributed by atoms with Crippen LogP contribution in [0.4, 0.5) is 5.13 Å². The third-order valence-corrected chi connectivity index (χ3v) is 6.19. The van der Waals surface area contributed by atoms with E-state index >= 15 is 0 Å². The van der Waals surface area contributed by atoms with Crippen molar-refractivity contribution in [2.24, 2.45) is 0 Å². The molecule has 152 valence electrons. The van der Waals surface area contributed by atoms with Gasteiger partial charge in [-0.15, -0.1) is 0 Å². The van der Waals surface area contributed by atoms with E-state index in [0.29, 0.717) is 21.1 Å². The Bertz CT molecular complexity index is 1480. The summed E-state index contributed by atoms with van der Waals surface area (Å²) in [5.41, 5.74) is 1.69. The van der Waals surface area contributed by atoms with E-state index in [0.717, 1.165) is 15.8 Å². The zero-order valence-electron chi connectivity index (χ0n) is 16.1. The number of thiazole rings is 1. The van der Waals surface area contributed by atoms with Gasteiger partial charge < -0.3 is 4.42 Å². The highest BCUT2D eigenvalue weighted by Crippen LogP contribution is 2.32. The van der Waals surface area contributed by atoms with Crippen LogP contribution in [0.15, 0.2) is 88.3 Å². The summed E-state index contributed by atoms with van der Waals surface area (Å²) in [4.78, 5) is 32.7. The third-order valence-electron chi connectivity index (χ3n) is 4.91. The Morgan fingerprint density at radius 1 is 1.03 bits per heavy atom. The van der Waals surface area contributed by atoms with Gasteiger partial charge in [-0.05, 0) is 35.9 Å². The molecule has 1 amide bonds. The second-order valence-electron chi connectivity index (χ2n) is 6.96. The van der Waals surface area contributed by atoms with E-state index in [9.17, 15) is 9.59 Å². The van der Waals surface area contributed by atoms with Gasteiger partial charge in [0.15, 0.2) is 5.13 Å². The minimum absolute atomic E-state index is 0.0353. The highest BCUT2D eigenvalue weighted by molar-refractivity contribution is 7.22. The second kappa shape index (κ2) is 7.98. The van der Waals surface area contributed by atoms with Crippen LogP contribution < -0.4 is 10.3 Å². The van der Waals surface area contributed by atoms with Crippen LogP contribution in [0.3, 0.4) is 0 Å². The van der Waals surface area contributed by atoms with E-state index in [4.69, 9.17) is 16.0 Å². The Morgan fingerprint density at radius 2 is 1.81 bits per heavy atom. The molecule has 0 unspecified atom stereocenters. The maximum Gasteiger partial charge on any atom is 0.267 e. The molecule has 0 N–H and O–H groups in total. The number of rotatable bonds is 4. The Labute approximate surface area is 186 Å². The summed E-state index contributed by atoms with van der Waals surface area (Å²) in [5.74, 6) is -0.464. The molecule has 0 bridgehead atoms. The normalized spacial score (nSPS) is 11.1. The molecule has 0 saturated heterocycles. The number of nitrogens with zero attached hydrogens (tertiary/aromatic N) is 2. The smallest absolute Gasteiger partial charge is 0.267 e. The lowest BCUT2D eigenvalue weighted by Crippen LogP contribution is -2.33. The van der Waals surface area contributed by atoms with Crippen molar-refractivity contribution >= 4 is 55.2 Å². The number of amides is 1. The summed E-state index contributed by atoms with van der Waals surface area (Å²) >= 11 is 7.46. The predicted octanol–water partition coefficient (Wildman–Crippen LogP) is 5.90. The molecule has 0 fully saturated rings. The lowest BCUT2D eigenvalue weighted by atomic mass is 10.1. The number of carbonyl (C=O) groups excluding carboxylic acids is 1. The number of hydrogen-bond acceptors (Lipinski definition) is 5. The van der Waals surface area contributed by atoms with Crippen molar-refractivity contribution < 1.29 is 9.21 Å². The zero-order valence-corrected chi connectivity index (χ0v) is 17.7. The van der Waals surface area contributed by atoms with Crippen LogP contribution in [-0.4, -0.2) is 10.9 Å². The van der Waals surface area contributed by atoms with Crippen LogP contribution >= 0.6 is 22.9 Å². The highest BCUT2D eigenvalue weighted by Gasteiger charge is 2.25. The molecule has 2 heterocycles. The number of carbonyl (C=O) groups is 1. The van der Waals surface area contributed by atoms with Gasteiger partial charge in [0.2, 0.25) is 5.43 Å². The molecule has 0 aliphatic rings. The van der Waals surface area contributed by atoms with Crippen molar-refractivity contribution in [1.82, 2.24) is 4.98 Å². The van der Waals surface area contributed by atoms with Crippen molar-refractivity contribution in [2.75, 3.05) is 4.90 Å². The van der Waals surface area contributed by atoms with Gasteiger partial charge in [-0.1, -0.05) is 65.4 Å². The Kier molecular flexibility index (Phi) is 5.02. The van der Waals surface area contributed by atoms with Gasteiger partial charge in [0.1, 0.15) is 17.4 Å². The number of aromatic nitrogens is 1. The molecule has 5 nitrogen and oxygen atoms in total. The number of hydrogen-bond donors (Lipinski definition) is 0. The van der Waals surface area contributed by atoms with Gasteiger partial charge in [0.25, 0.3) is 5.91 Å². The van der Waals surface area contributed by atoms with Crippen LogP contribution in [0.2, 0.25) is 5.02 Å². The van der Waals surface area contributed by atoms with Crippen molar-refractivity contribution in [3.05, 3.63) is 105 Å². The quantitative estimate of drug-likeness (QED) is 0.344. The number of para-hydroxylation sites is 1. The predicted molar refractivity (Wildman–Crippen MR) is 124 cm³/mol. The SMILES string of the molecule is O=C(c1coc2ccccc2c1=O)N(Cc1ccccc1)c1nc2ccc(Cl)cc2s1. The maximum atomic E-state index is 13.6. The Hall–Kier alpha value is -3.48. The molecule has 31 heavy (non-hydrogen) atoms. The topological polar surface area (TPSA) is 63.4 Å². The average Bonchev–Trinajstić information content (AvgIpc) is 3.21.